The molecule has 0 aliphatic heterocycles. The Hall–Kier alpha value is -2.42. The van der Waals surface area contributed by atoms with E-state index in [1.54, 1.807) is 0 Å². The zero-order chi connectivity index (χ0) is 20.6. The molecular weight excluding hydrogens is 366 g/mol. The van der Waals surface area contributed by atoms with E-state index in [0.717, 1.165) is 50.5 Å². The summed E-state index contributed by atoms with van der Waals surface area (Å²) in [5.41, 5.74) is 3.82. The maximum Gasteiger partial charge on any atom is 0.200 e. The molecule has 2 aromatic rings. The van der Waals surface area contributed by atoms with Gasteiger partial charge in [0.05, 0.1) is 0 Å². The number of aromatic hydroxyl groups is 1. The number of rotatable bonds is 8. The third-order valence-electron chi connectivity index (χ3n) is 5.77. The number of allylic oxidation sites excluding steroid dienone is 4. The molecule has 0 amide bonds. The second-order valence-electron chi connectivity index (χ2n) is 7.95. The van der Waals surface area contributed by atoms with Crippen LogP contribution in [0.2, 0.25) is 0 Å². The number of halogens is 2. The molecule has 29 heavy (non-hydrogen) atoms. The highest BCUT2D eigenvalue weighted by molar-refractivity contribution is 5.67. The van der Waals surface area contributed by atoms with Gasteiger partial charge in [0.1, 0.15) is 0 Å². The van der Waals surface area contributed by atoms with Gasteiger partial charge < -0.3 is 5.11 Å². The Morgan fingerprint density at radius 3 is 2.45 bits per heavy atom. The lowest BCUT2D eigenvalue weighted by Gasteiger charge is -2.22. The van der Waals surface area contributed by atoms with E-state index >= 15 is 0 Å². The Bertz CT molecular complexity index is 865. The summed E-state index contributed by atoms with van der Waals surface area (Å²) in [4.78, 5) is 0. The lowest BCUT2D eigenvalue weighted by atomic mass is 9.83. The van der Waals surface area contributed by atoms with Gasteiger partial charge in [-0.2, -0.15) is 4.39 Å². The number of phenolic OH excluding ortho intramolecular Hbond substituents is 1. The summed E-state index contributed by atoms with van der Waals surface area (Å²) in [6, 6.07) is 11.6. The van der Waals surface area contributed by atoms with Gasteiger partial charge >= 0.3 is 0 Å². The summed E-state index contributed by atoms with van der Waals surface area (Å²) < 4.78 is 27.7. The Labute approximate surface area is 172 Å². The van der Waals surface area contributed by atoms with Crippen molar-refractivity contribution < 1.29 is 13.9 Å². The van der Waals surface area contributed by atoms with Crippen LogP contribution in [0.1, 0.15) is 62.1 Å². The molecule has 0 fully saturated rings. The van der Waals surface area contributed by atoms with Crippen LogP contribution in [-0.2, 0) is 12.8 Å². The normalized spacial score (nSPS) is 16.9. The molecule has 1 aliphatic rings. The summed E-state index contributed by atoms with van der Waals surface area (Å²) >= 11 is 0. The summed E-state index contributed by atoms with van der Waals surface area (Å²) in [6.07, 6.45) is 14.6. The maximum atomic E-state index is 14.1. The molecule has 3 rings (SSSR count). The summed E-state index contributed by atoms with van der Waals surface area (Å²) in [7, 11) is 0. The molecule has 1 atom stereocenters. The minimum Gasteiger partial charge on any atom is -0.505 e. The molecule has 154 valence electrons. The van der Waals surface area contributed by atoms with Gasteiger partial charge in [-0.25, -0.2) is 4.39 Å². The van der Waals surface area contributed by atoms with E-state index in [4.69, 9.17) is 0 Å². The number of benzene rings is 2. The largest absolute Gasteiger partial charge is 0.505 e. The van der Waals surface area contributed by atoms with E-state index in [-0.39, 0.29) is 5.56 Å². The van der Waals surface area contributed by atoms with Gasteiger partial charge in [0, 0.05) is 5.56 Å². The van der Waals surface area contributed by atoms with Gasteiger partial charge in [-0.05, 0) is 79.7 Å². The van der Waals surface area contributed by atoms with Crippen molar-refractivity contribution in [3.05, 3.63) is 83.0 Å². The maximum absolute atomic E-state index is 14.1. The highest BCUT2D eigenvalue weighted by atomic mass is 19.2. The molecule has 1 N–H and O–H groups in total. The number of phenols is 1. The quantitative estimate of drug-likeness (QED) is 0.461. The zero-order valence-electron chi connectivity index (χ0n) is 17.1. The van der Waals surface area contributed by atoms with Gasteiger partial charge in [0.15, 0.2) is 11.6 Å². The molecule has 0 saturated heterocycles. The van der Waals surface area contributed by atoms with Crippen molar-refractivity contribution in [2.45, 2.75) is 58.3 Å². The molecule has 0 radical (unpaired) electrons. The van der Waals surface area contributed by atoms with E-state index < -0.39 is 17.4 Å². The predicted molar refractivity (Wildman–Crippen MR) is 116 cm³/mol. The Morgan fingerprint density at radius 1 is 1.00 bits per heavy atom. The second kappa shape index (κ2) is 10.4. The first kappa shape index (κ1) is 21.3. The minimum atomic E-state index is -1.16. The van der Waals surface area contributed by atoms with Crippen LogP contribution in [0.25, 0.3) is 5.57 Å². The molecule has 0 spiro atoms. The summed E-state index contributed by atoms with van der Waals surface area (Å²) in [6.45, 7) is 2.19. The van der Waals surface area contributed by atoms with Crippen LogP contribution in [0.3, 0.4) is 0 Å². The van der Waals surface area contributed by atoms with Gasteiger partial charge in [-0.15, -0.1) is 0 Å². The fraction of sp³-hybridized carbons (Fsp3) is 0.385. The lowest BCUT2D eigenvalue weighted by molar-refractivity contribution is 0.405. The topological polar surface area (TPSA) is 20.2 Å². The molecule has 3 heteroatoms. The second-order valence-corrected chi connectivity index (χ2v) is 7.95. The van der Waals surface area contributed by atoms with Crippen molar-refractivity contribution in [2.24, 2.45) is 5.92 Å². The fourth-order valence-electron chi connectivity index (χ4n) is 3.90. The monoisotopic (exact) mass is 396 g/mol. The average Bonchev–Trinajstić information content (AvgIpc) is 2.75. The molecule has 0 saturated carbocycles. The lowest BCUT2D eigenvalue weighted by Crippen LogP contribution is -2.08. The van der Waals surface area contributed by atoms with Crippen LogP contribution >= 0.6 is 0 Å². The van der Waals surface area contributed by atoms with Crippen molar-refractivity contribution >= 4 is 5.57 Å². The molecule has 1 aliphatic carbocycles. The SMILES string of the molecule is CCC/C=C\Cc1ccc(CCC2CC=C(c3ccc(O)c(F)c3F)CC2)cc1. The van der Waals surface area contributed by atoms with Crippen LogP contribution in [0.4, 0.5) is 8.78 Å². The number of aryl methyl sites for hydroxylation is 1. The number of hydrogen-bond acceptors (Lipinski definition) is 1. The molecule has 0 bridgehead atoms. The van der Waals surface area contributed by atoms with E-state index in [0.29, 0.717) is 5.92 Å². The first-order valence-electron chi connectivity index (χ1n) is 10.7. The summed E-state index contributed by atoms with van der Waals surface area (Å²) in [5.74, 6) is -2.17. The van der Waals surface area contributed by atoms with E-state index in [9.17, 15) is 13.9 Å². The predicted octanol–water partition coefficient (Wildman–Crippen LogP) is 7.39. The van der Waals surface area contributed by atoms with Crippen LogP contribution in [0.15, 0.2) is 54.6 Å². The van der Waals surface area contributed by atoms with E-state index in [1.807, 2.05) is 6.08 Å². The average molecular weight is 397 g/mol. The third-order valence-corrected chi connectivity index (χ3v) is 5.77. The van der Waals surface area contributed by atoms with Crippen molar-refractivity contribution in [3.8, 4) is 5.75 Å². The molecule has 1 nitrogen and oxygen atoms in total. The van der Waals surface area contributed by atoms with Crippen LogP contribution in [0, 0.1) is 17.6 Å². The van der Waals surface area contributed by atoms with Crippen molar-refractivity contribution in [1.29, 1.82) is 0 Å². The van der Waals surface area contributed by atoms with Crippen LogP contribution < -0.4 is 0 Å². The fourth-order valence-corrected chi connectivity index (χ4v) is 3.90. The Morgan fingerprint density at radius 2 is 1.76 bits per heavy atom. The smallest absolute Gasteiger partial charge is 0.200 e. The van der Waals surface area contributed by atoms with Crippen molar-refractivity contribution in [3.63, 3.8) is 0 Å². The van der Waals surface area contributed by atoms with E-state index in [1.165, 1.54) is 29.7 Å². The molecular formula is C26H30F2O. The highest BCUT2D eigenvalue weighted by Crippen LogP contribution is 2.35. The van der Waals surface area contributed by atoms with Gasteiger partial charge in [-0.3, -0.25) is 0 Å². The molecule has 0 heterocycles. The minimum absolute atomic E-state index is 0.280. The van der Waals surface area contributed by atoms with Gasteiger partial charge in [0.25, 0.3) is 0 Å². The van der Waals surface area contributed by atoms with Crippen LogP contribution in [0.5, 0.6) is 5.75 Å². The Balaban J connectivity index is 1.50. The third kappa shape index (κ3) is 5.79. The first-order valence-corrected chi connectivity index (χ1v) is 10.7. The number of hydrogen-bond donors (Lipinski definition) is 1. The van der Waals surface area contributed by atoms with Gasteiger partial charge in [0.2, 0.25) is 5.82 Å². The molecule has 1 unspecified atom stereocenters. The molecule has 2 aromatic carbocycles. The van der Waals surface area contributed by atoms with Crippen LogP contribution in [-0.4, -0.2) is 5.11 Å². The Kier molecular flexibility index (Phi) is 7.62. The zero-order valence-corrected chi connectivity index (χ0v) is 17.1. The van der Waals surface area contributed by atoms with Crippen molar-refractivity contribution in [2.75, 3.05) is 0 Å². The highest BCUT2D eigenvalue weighted by Gasteiger charge is 2.20. The molecule has 0 aromatic heterocycles. The standard InChI is InChI=1S/C26H30F2O/c1-2-3-4-5-6-19-7-9-20(10-8-19)11-12-21-13-15-22(16-14-21)23-17-18-24(29)26(28)25(23)27/h4-5,7-10,15,17-18,21,29H,2-3,6,11-14,16H2,1H3/b5-4-. The summed E-state index contributed by atoms with van der Waals surface area (Å²) in [5, 5.41) is 9.29. The van der Waals surface area contributed by atoms with E-state index in [2.05, 4.69) is 43.3 Å². The number of unbranched alkanes of at least 4 members (excludes halogenated alkanes) is 1. The van der Waals surface area contributed by atoms with Gasteiger partial charge in [-0.1, -0.05) is 55.8 Å². The first-order chi connectivity index (χ1) is 14.1. The van der Waals surface area contributed by atoms with Crippen molar-refractivity contribution in [1.82, 2.24) is 0 Å².